The highest BCUT2D eigenvalue weighted by Gasteiger charge is 2.22. The number of benzene rings is 1. The number of amides is 1. The minimum Gasteiger partial charge on any atom is -0.493 e. The number of rotatable bonds is 6. The van der Waals surface area contributed by atoms with Crippen molar-refractivity contribution in [1.29, 1.82) is 0 Å². The molecule has 1 aromatic carbocycles. The molecule has 1 fully saturated rings. The van der Waals surface area contributed by atoms with E-state index in [0.29, 0.717) is 24.5 Å². The summed E-state index contributed by atoms with van der Waals surface area (Å²) < 4.78 is 16.2. The lowest BCUT2D eigenvalue weighted by atomic mass is 10.1. The molecule has 3 rings (SSSR count). The van der Waals surface area contributed by atoms with E-state index in [1.165, 1.54) is 0 Å². The van der Waals surface area contributed by atoms with E-state index in [4.69, 9.17) is 14.2 Å². The lowest BCUT2D eigenvalue weighted by molar-refractivity contribution is -0.127. The quantitative estimate of drug-likeness (QED) is 0.863. The third-order valence-electron chi connectivity index (χ3n) is 4.04. The fraction of sp³-hybridized carbons (Fsp3) is 0.562. The van der Waals surface area contributed by atoms with Crippen LogP contribution in [0.5, 0.6) is 17.2 Å². The van der Waals surface area contributed by atoms with Crippen LogP contribution >= 0.6 is 0 Å². The second-order valence-electron chi connectivity index (χ2n) is 5.76. The molecule has 1 aromatic rings. The van der Waals surface area contributed by atoms with Crippen molar-refractivity contribution in [3.63, 3.8) is 0 Å². The Labute approximate surface area is 130 Å². The highest BCUT2D eigenvalue weighted by Crippen LogP contribution is 2.41. The third kappa shape index (κ3) is 3.11. The predicted molar refractivity (Wildman–Crippen MR) is 81.2 cm³/mol. The van der Waals surface area contributed by atoms with Gasteiger partial charge in [0, 0.05) is 32.1 Å². The smallest absolute Gasteiger partial charge is 0.231 e. The van der Waals surface area contributed by atoms with Crippen molar-refractivity contribution in [3.05, 3.63) is 17.7 Å². The largest absolute Gasteiger partial charge is 0.493 e. The molecule has 1 unspecified atom stereocenters. The van der Waals surface area contributed by atoms with Crippen molar-refractivity contribution in [3.8, 4) is 17.2 Å². The van der Waals surface area contributed by atoms with Crippen LogP contribution in [0.15, 0.2) is 12.1 Å². The van der Waals surface area contributed by atoms with Gasteiger partial charge in [-0.2, -0.15) is 0 Å². The molecule has 120 valence electrons. The molecule has 2 heterocycles. The van der Waals surface area contributed by atoms with Crippen LogP contribution < -0.4 is 19.5 Å². The number of hydrogen-bond donors (Lipinski definition) is 1. The summed E-state index contributed by atoms with van der Waals surface area (Å²) in [6, 6.07) is 4.15. The Balaban J connectivity index is 1.58. The van der Waals surface area contributed by atoms with E-state index < -0.39 is 0 Å². The number of methoxy groups -OCH3 is 1. The van der Waals surface area contributed by atoms with Gasteiger partial charge in [0.15, 0.2) is 11.5 Å². The molecule has 0 radical (unpaired) electrons. The predicted octanol–water partition coefficient (Wildman–Crippen LogP) is 1.52. The van der Waals surface area contributed by atoms with Crippen LogP contribution in [-0.2, 0) is 11.3 Å². The lowest BCUT2D eigenvalue weighted by Crippen LogP contribution is -2.39. The maximum atomic E-state index is 11.6. The molecule has 1 N–H and O–H groups in total. The second kappa shape index (κ2) is 6.44. The first kappa shape index (κ1) is 15.0. The number of hydrogen-bond acceptors (Lipinski definition) is 5. The minimum atomic E-state index is 0.232. The highest BCUT2D eigenvalue weighted by molar-refractivity contribution is 5.78. The molecule has 0 bridgehead atoms. The van der Waals surface area contributed by atoms with Crippen molar-refractivity contribution >= 4 is 5.91 Å². The summed E-state index contributed by atoms with van der Waals surface area (Å²) in [7, 11) is 1.62. The first-order valence-electron chi connectivity index (χ1n) is 7.65. The van der Waals surface area contributed by atoms with Gasteiger partial charge in [-0.25, -0.2) is 0 Å². The first-order valence-corrected chi connectivity index (χ1v) is 7.65. The lowest BCUT2D eigenvalue weighted by Gasteiger charge is -2.22. The Morgan fingerprint density at radius 1 is 1.41 bits per heavy atom. The summed E-state index contributed by atoms with van der Waals surface area (Å²) in [5.41, 5.74) is 1.07. The Bertz CT molecular complexity index is 561. The zero-order valence-electron chi connectivity index (χ0n) is 13.1. The van der Waals surface area contributed by atoms with Gasteiger partial charge in [-0.3, -0.25) is 4.79 Å². The Morgan fingerprint density at radius 2 is 2.27 bits per heavy atom. The van der Waals surface area contributed by atoms with Crippen molar-refractivity contribution in [1.82, 2.24) is 10.2 Å². The normalized spacial score (nSPS) is 17.9. The van der Waals surface area contributed by atoms with Crippen molar-refractivity contribution < 1.29 is 19.0 Å². The molecule has 0 spiro atoms. The van der Waals surface area contributed by atoms with Crippen molar-refractivity contribution in [2.75, 3.05) is 27.0 Å². The molecule has 1 amide bonds. The van der Waals surface area contributed by atoms with Gasteiger partial charge in [0.2, 0.25) is 18.4 Å². The van der Waals surface area contributed by atoms with Gasteiger partial charge in [-0.05, 0) is 31.0 Å². The topological polar surface area (TPSA) is 60.0 Å². The summed E-state index contributed by atoms with van der Waals surface area (Å²) in [5.74, 6) is 2.34. The van der Waals surface area contributed by atoms with Crippen LogP contribution in [0, 0.1) is 0 Å². The Morgan fingerprint density at radius 3 is 3.00 bits per heavy atom. The molecule has 0 aliphatic carbocycles. The van der Waals surface area contributed by atoms with E-state index in [1.54, 1.807) is 7.11 Å². The van der Waals surface area contributed by atoms with Crippen LogP contribution in [0.3, 0.4) is 0 Å². The molecule has 6 heteroatoms. The Kier molecular flexibility index (Phi) is 4.38. The zero-order chi connectivity index (χ0) is 15.5. The van der Waals surface area contributed by atoms with Gasteiger partial charge in [0.05, 0.1) is 7.11 Å². The van der Waals surface area contributed by atoms with Gasteiger partial charge in [0.25, 0.3) is 0 Å². The highest BCUT2D eigenvalue weighted by atomic mass is 16.7. The molecule has 6 nitrogen and oxygen atoms in total. The van der Waals surface area contributed by atoms with E-state index in [0.717, 1.165) is 30.8 Å². The number of ether oxygens (including phenoxy) is 3. The number of nitrogens with zero attached hydrogens (tertiary/aromatic N) is 1. The van der Waals surface area contributed by atoms with E-state index in [1.807, 2.05) is 17.0 Å². The molecule has 1 saturated heterocycles. The summed E-state index contributed by atoms with van der Waals surface area (Å²) in [4.78, 5) is 13.6. The fourth-order valence-electron chi connectivity index (χ4n) is 2.87. The third-order valence-corrected chi connectivity index (χ3v) is 4.04. The molecular weight excluding hydrogens is 284 g/mol. The van der Waals surface area contributed by atoms with E-state index in [9.17, 15) is 4.79 Å². The Hall–Kier alpha value is -1.95. The summed E-state index contributed by atoms with van der Waals surface area (Å²) in [6.07, 6.45) is 1.66. The van der Waals surface area contributed by atoms with Gasteiger partial charge in [-0.15, -0.1) is 0 Å². The first-order chi connectivity index (χ1) is 10.7. The van der Waals surface area contributed by atoms with Gasteiger partial charge in [0.1, 0.15) is 0 Å². The van der Waals surface area contributed by atoms with Gasteiger partial charge < -0.3 is 24.4 Å². The van der Waals surface area contributed by atoms with Crippen molar-refractivity contribution in [2.45, 2.75) is 32.4 Å². The molecule has 1 atom stereocenters. The van der Waals surface area contributed by atoms with Crippen molar-refractivity contribution in [2.24, 2.45) is 0 Å². The summed E-state index contributed by atoms with van der Waals surface area (Å²) in [5, 5.41) is 3.44. The second-order valence-corrected chi connectivity index (χ2v) is 5.76. The average Bonchev–Trinajstić information content (AvgIpc) is 3.13. The standard InChI is InChI=1S/C16H22N2O4/c1-11(9-18-5-3-4-15(18)19)17-8-12-6-13(20-2)16-14(7-12)21-10-22-16/h6-7,11,17H,3-5,8-10H2,1-2H3. The molecular formula is C16H22N2O4. The zero-order valence-corrected chi connectivity index (χ0v) is 13.1. The van der Waals surface area contributed by atoms with E-state index >= 15 is 0 Å². The van der Waals surface area contributed by atoms with Crippen LogP contribution in [0.1, 0.15) is 25.3 Å². The average molecular weight is 306 g/mol. The number of fused-ring (bicyclic) bond motifs is 1. The van der Waals surface area contributed by atoms with E-state index in [2.05, 4.69) is 12.2 Å². The number of carbonyl (C=O) groups excluding carboxylic acids is 1. The minimum absolute atomic E-state index is 0.232. The summed E-state index contributed by atoms with van der Waals surface area (Å²) in [6.45, 7) is 4.64. The van der Waals surface area contributed by atoms with Gasteiger partial charge in [-0.1, -0.05) is 0 Å². The summed E-state index contributed by atoms with van der Waals surface area (Å²) >= 11 is 0. The molecule has 2 aliphatic heterocycles. The van der Waals surface area contributed by atoms with E-state index in [-0.39, 0.29) is 18.7 Å². The maximum absolute atomic E-state index is 11.6. The van der Waals surface area contributed by atoms with Gasteiger partial charge >= 0.3 is 0 Å². The molecule has 2 aliphatic rings. The monoisotopic (exact) mass is 306 g/mol. The van der Waals surface area contributed by atoms with Crippen LogP contribution in [0.2, 0.25) is 0 Å². The van der Waals surface area contributed by atoms with Crippen LogP contribution in [-0.4, -0.2) is 43.8 Å². The molecule has 22 heavy (non-hydrogen) atoms. The number of nitrogens with one attached hydrogen (secondary N) is 1. The molecule has 0 saturated carbocycles. The SMILES string of the molecule is COc1cc(CNC(C)CN2CCCC2=O)cc2c1OCO2. The number of likely N-dealkylation sites (tertiary alicyclic amines) is 1. The number of carbonyl (C=O) groups is 1. The van der Waals surface area contributed by atoms with Crippen LogP contribution in [0.4, 0.5) is 0 Å². The van der Waals surface area contributed by atoms with Crippen LogP contribution in [0.25, 0.3) is 0 Å². The fourth-order valence-corrected chi connectivity index (χ4v) is 2.87. The maximum Gasteiger partial charge on any atom is 0.231 e. The molecule has 0 aromatic heterocycles.